The van der Waals surface area contributed by atoms with Gasteiger partial charge >= 0.3 is 5.97 Å². The highest BCUT2D eigenvalue weighted by Crippen LogP contribution is 2.38. The third kappa shape index (κ3) is 5.75. The van der Waals surface area contributed by atoms with Crippen LogP contribution >= 0.6 is 0 Å². The first kappa shape index (κ1) is 27.3. The van der Waals surface area contributed by atoms with E-state index >= 15 is 0 Å². The van der Waals surface area contributed by atoms with Gasteiger partial charge in [0.05, 0.1) is 28.0 Å². The average Bonchev–Trinajstić information content (AvgIpc) is 3.15. The minimum Gasteiger partial charge on any atom is -0.462 e. The molecule has 2 aliphatic heterocycles. The molecule has 2 aliphatic rings. The lowest BCUT2D eigenvalue weighted by molar-refractivity contribution is 0.0160. The third-order valence-corrected chi connectivity index (χ3v) is 9.59. The highest BCUT2D eigenvalue weighted by atomic mass is 32.2. The second-order valence-electron chi connectivity index (χ2n) is 10.6. The van der Waals surface area contributed by atoms with Crippen LogP contribution in [-0.2, 0) is 38.7 Å². The molecule has 1 unspecified atom stereocenters. The largest absolute Gasteiger partial charge is 0.462 e. The van der Waals surface area contributed by atoms with Gasteiger partial charge in [0, 0.05) is 31.9 Å². The Morgan fingerprint density at radius 3 is 2.65 bits per heavy atom. The van der Waals surface area contributed by atoms with Crippen molar-refractivity contribution < 1.29 is 27.5 Å². The fraction of sp³-hybridized carbons (Fsp3) is 0.593. The SMILES string of the molecule is CCn1nc(CC(C)COC(=O)c2cccc(S(=O)(=O)C(C)C)c2)c2c1C(=O)NCC1(CCOCC1)C2. The molecule has 1 spiro atoms. The van der Waals surface area contributed by atoms with Gasteiger partial charge in [-0.1, -0.05) is 13.0 Å². The Kier molecular flexibility index (Phi) is 8.08. The number of aryl methyl sites for hydroxylation is 1. The van der Waals surface area contributed by atoms with Crippen molar-refractivity contribution in [2.75, 3.05) is 26.4 Å². The first-order valence-corrected chi connectivity index (χ1v) is 14.6. The van der Waals surface area contributed by atoms with Crippen LogP contribution < -0.4 is 5.32 Å². The summed E-state index contributed by atoms with van der Waals surface area (Å²) in [6.45, 7) is 9.91. The Balaban J connectivity index is 1.48. The number of rotatable bonds is 8. The van der Waals surface area contributed by atoms with Crippen molar-refractivity contribution in [3.05, 3.63) is 46.8 Å². The summed E-state index contributed by atoms with van der Waals surface area (Å²) in [6.07, 6.45) is 3.11. The minimum atomic E-state index is -3.49. The summed E-state index contributed by atoms with van der Waals surface area (Å²) in [5.74, 6) is -0.701. The summed E-state index contributed by atoms with van der Waals surface area (Å²) >= 11 is 0. The van der Waals surface area contributed by atoms with Crippen LogP contribution in [0.4, 0.5) is 0 Å². The number of nitrogens with one attached hydrogen (secondary N) is 1. The molecule has 10 heteroatoms. The van der Waals surface area contributed by atoms with Crippen LogP contribution in [0.5, 0.6) is 0 Å². The van der Waals surface area contributed by atoms with Crippen molar-refractivity contribution in [2.24, 2.45) is 11.3 Å². The summed E-state index contributed by atoms with van der Waals surface area (Å²) in [4.78, 5) is 25.8. The fourth-order valence-corrected chi connectivity index (χ4v) is 6.19. The van der Waals surface area contributed by atoms with Gasteiger partial charge in [-0.2, -0.15) is 5.10 Å². The van der Waals surface area contributed by atoms with E-state index in [0.29, 0.717) is 38.4 Å². The maximum atomic E-state index is 13.0. The van der Waals surface area contributed by atoms with Crippen LogP contribution in [0.1, 0.15) is 72.6 Å². The lowest BCUT2D eigenvalue weighted by atomic mass is 9.75. The van der Waals surface area contributed by atoms with Gasteiger partial charge in [0.1, 0.15) is 5.69 Å². The Labute approximate surface area is 218 Å². The maximum Gasteiger partial charge on any atom is 0.338 e. The molecular formula is C27H37N3O6S. The lowest BCUT2D eigenvalue weighted by Crippen LogP contribution is -2.40. The second kappa shape index (κ2) is 10.9. The van der Waals surface area contributed by atoms with E-state index in [1.165, 1.54) is 12.1 Å². The monoisotopic (exact) mass is 531 g/mol. The zero-order valence-corrected chi connectivity index (χ0v) is 22.9. The molecule has 1 saturated heterocycles. The fourth-order valence-electron chi connectivity index (χ4n) is 5.09. The summed E-state index contributed by atoms with van der Waals surface area (Å²) in [5.41, 5.74) is 2.66. The molecule has 1 atom stereocenters. The molecule has 37 heavy (non-hydrogen) atoms. The van der Waals surface area contributed by atoms with E-state index in [1.54, 1.807) is 30.7 Å². The third-order valence-electron chi connectivity index (χ3n) is 7.44. The number of ether oxygens (including phenoxy) is 2. The molecule has 3 heterocycles. The van der Waals surface area contributed by atoms with Crippen molar-refractivity contribution in [3.63, 3.8) is 0 Å². The summed E-state index contributed by atoms with van der Waals surface area (Å²) in [7, 11) is -3.49. The molecule has 0 aliphatic carbocycles. The lowest BCUT2D eigenvalue weighted by Gasteiger charge is -2.36. The van der Waals surface area contributed by atoms with Crippen LogP contribution in [0.3, 0.4) is 0 Å². The predicted octanol–water partition coefficient (Wildman–Crippen LogP) is 3.20. The topological polar surface area (TPSA) is 117 Å². The molecule has 0 saturated carbocycles. The van der Waals surface area contributed by atoms with Crippen molar-refractivity contribution in [2.45, 2.75) is 70.1 Å². The van der Waals surface area contributed by atoms with Crippen molar-refractivity contribution in [1.82, 2.24) is 15.1 Å². The molecule has 9 nitrogen and oxygen atoms in total. The van der Waals surface area contributed by atoms with Gasteiger partial charge in [-0.25, -0.2) is 13.2 Å². The molecule has 1 amide bonds. The molecule has 0 radical (unpaired) electrons. The van der Waals surface area contributed by atoms with Gasteiger partial charge < -0.3 is 14.8 Å². The van der Waals surface area contributed by atoms with E-state index in [0.717, 1.165) is 30.5 Å². The molecule has 1 N–H and O–H groups in total. The quantitative estimate of drug-likeness (QED) is 0.520. The maximum absolute atomic E-state index is 13.0. The number of esters is 1. The number of carbonyl (C=O) groups is 2. The van der Waals surface area contributed by atoms with Crippen molar-refractivity contribution in [3.8, 4) is 0 Å². The Morgan fingerprint density at radius 1 is 1.24 bits per heavy atom. The Morgan fingerprint density at radius 2 is 1.97 bits per heavy atom. The van der Waals surface area contributed by atoms with E-state index in [4.69, 9.17) is 14.6 Å². The summed E-state index contributed by atoms with van der Waals surface area (Å²) < 4.78 is 37.9. The smallest absolute Gasteiger partial charge is 0.338 e. The summed E-state index contributed by atoms with van der Waals surface area (Å²) in [5, 5.41) is 7.31. The number of hydrogen-bond acceptors (Lipinski definition) is 7. The predicted molar refractivity (Wildman–Crippen MR) is 138 cm³/mol. The van der Waals surface area contributed by atoms with Gasteiger partial charge in [-0.05, 0) is 76.0 Å². The number of nitrogens with zero attached hydrogens (tertiary/aromatic N) is 2. The van der Waals surface area contributed by atoms with Gasteiger partial charge in [-0.15, -0.1) is 0 Å². The Bertz CT molecular complexity index is 1260. The standard InChI is InChI=1S/C27H37N3O6S/c1-5-30-24-22(15-27(17-28-25(24)31)9-11-35-12-10-27)23(29-30)13-19(4)16-36-26(32)20-7-6-8-21(14-20)37(33,34)18(2)3/h6-8,14,18-19H,5,9-13,15-17H2,1-4H3,(H,28,31). The van der Waals surface area contributed by atoms with E-state index in [9.17, 15) is 18.0 Å². The summed E-state index contributed by atoms with van der Waals surface area (Å²) in [6, 6.07) is 5.98. The molecule has 1 aromatic carbocycles. The van der Waals surface area contributed by atoms with Crippen LogP contribution in [-0.4, -0.2) is 61.7 Å². The zero-order chi connectivity index (χ0) is 26.8. The second-order valence-corrected chi connectivity index (χ2v) is 13.1. The number of benzene rings is 1. The molecule has 0 bridgehead atoms. The first-order chi connectivity index (χ1) is 17.6. The number of amides is 1. The molecule has 202 valence electrons. The van der Waals surface area contributed by atoms with Gasteiger partial charge in [0.15, 0.2) is 9.84 Å². The van der Waals surface area contributed by atoms with Crippen molar-refractivity contribution in [1.29, 1.82) is 0 Å². The zero-order valence-electron chi connectivity index (χ0n) is 22.1. The average molecular weight is 532 g/mol. The molecular weight excluding hydrogens is 494 g/mol. The number of sulfone groups is 1. The highest BCUT2D eigenvalue weighted by molar-refractivity contribution is 7.92. The molecule has 1 fully saturated rings. The van der Waals surface area contributed by atoms with Gasteiger partial charge in [0.25, 0.3) is 5.91 Å². The van der Waals surface area contributed by atoms with E-state index < -0.39 is 21.1 Å². The number of hydrogen-bond donors (Lipinski definition) is 1. The Hall–Kier alpha value is -2.72. The number of fused-ring (bicyclic) bond motifs is 1. The molecule has 4 rings (SSSR count). The van der Waals surface area contributed by atoms with Crippen molar-refractivity contribution >= 4 is 21.7 Å². The van der Waals surface area contributed by atoms with Crippen LogP contribution in [0, 0.1) is 11.3 Å². The highest BCUT2D eigenvalue weighted by Gasteiger charge is 2.39. The molecule has 1 aromatic heterocycles. The van der Waals surface area contributed by atoms with Gasteiger partial charge in [-0.3, -0.25) is 9.48 Å². The first-order valence-electron chi connectivity index (χ1n) is 13.0. The van der Waals surface area contributed by atoms with E-state index in [2.05, 4.69) is 5.32 Å². The van der Waals surface area contributed by atoms with E-state index in [-0.39, 0.29) is 34.3 Å². The van der Waals surface area contributed by atoms with Crippen LogP contribution in [0.25, 0.3) is 0 Å². The van der Waals surface area contributed by atoms with Gasteiger partial charge in [0.2, 0.25) is 0 Å². The molecule has 2 aromatic rings. The number of aromatic nitrogens is 2. The number of carbonyl (C=O) groups excluding carboxylic acids is 2. The van der Waals surface area contributed by atoms with E-state index in [1.807, 2.05) is 13.8 Å². The minimum absolute atomic E-state index is 0.0352. The normalized spacial score (nSPS) is 18.2. The van der Waals surface area contributed by atoms with Crippen LogP contribution in [0.2, 0.25) is 0 Å². The van der Waals surface area contributed by atoms with Crippen LogP contribution in [0.15, 0.2) is 29.2 Å².